The second-order valence-electron chi connectivity index (χ2n) is 14.3. The Morgan fingerprint density at radius 1 is 0.438 bits per heavy atom. The lowest BCUT2D eigenvalue weighted by Gasteiger charge is -2.28. The van der Waals surface area contributed by atoms with Gasteiger partial charge < -0.3 is 0 Å². The van der Waals surface area contributed by atoms with E-state index in [1.54, 1.807) is 0 Å². The standard InChI is InChI=1S/C45H50O3/c1-3-44(47)41-25-21-39(22-26-41)37-17-13-35(14-18-37)33-9-5-31(6-10-33)29-43(46)30-32-7-11-34(12-8-32)36-15-19-38(20-16-36)40-23-27-42(28-24-40)45(48)4-2/h5-20,39-42H,3-4,21-30H2,1-2H3/t39-,40?,41-,42?. The number of rotatable bonds is 12. The highest BCUT2D eigenvalue weighted by Crippen LogP contribution is 2.38. The van der Waals surface area contributed by atoms with Crippen molar-refractivity contribution in [3.05, 3.63) is 119 Å². The minimum Gasteiger partial charge on any atom is -0.299 e. The number of hydrogen-bond donors (Lipinski definition) is 0. The van der Waals surface area contributed by atoms with Gasteiger partial charge in [0, 0.05) is 37.5 Å². The van der Waals surface area contributed by atoms with E-state index in [2.05, 4.69) is 97.1 Å². The van der Waals surface area contributed by atoms with Crippen LogP contribution in [0.15, 0.2) is 97.1 Å². The predicted octanol–water partition coefficient (Wildman–Crippen LogP) is 10.9. The second-order valence-corrected chi connectivity index (χ2v) is 14.3. The zero-order valence-corrected chi connectivity index (χ0v) is 28.8. The zero-order chi connectivity index (χ0) is 33.5. The highest BCUT2D eigenvalue weighted by molar-refractivity contribution is 5.83. The van der Waals surface area contributed by atoms with Crippen molar-refractivity contribution in [1.29, 1.82) is 0 Å². The van der Waals surface area contributed by atoms with Gasteiger partial charge in [0.25, 0.3) is 0 Å². The molecule has 3 heteroatoms. The molecule has 0 bridgehead atoms. The summed E-state index contributed by atoms with van der Waals surface area (Å²) in [5.41, 5.74) is 9.54. The van der Waals surface area contributed by atoms with Gasteiger partial charge in [-0.05, 0) is 108 Å². The van der Waals surface area contributed by atoms with Crippen molar-refractivity contribution in [3.63, 3.8) is 0 Å². The molecule has 0 spiro atoms. The summed E-state index contributed by atoms with van der Waals surface area (Å²) in [5, 5.41) is 0. The fraction of sp³-hybridized carbons (Fsp3) is 0.400. The maximum absolute atomic E-state index is 13.0. The van der Waals surface area contributed by atoms with Gasteiger partial charge in [-0.1, -0.05) is 111 Å². The molecule has 0 heterocycles. The third kappa shape index (κ3) is 8.29. The van der Waals surface area contributed by atoms with Crippen molar-refractivity contribution in [2.45, 2.75) is 103 Å². The summed E-state index contributed by atoms with van der Waals surface area (Å²) in [5.74, 6) is 2.72. The first-order chi connectivity index (χ1) is 23.4. The number of benzene rings is 4. The van der Waals surface area contributed by atoms with Gasteiger partial charge >= 0.3 is 0 Å². The van der Waals surface area contributed by atoms with Crippen LogP contribution in [0.2, 0.25) is 0 Å². The molecule has 6 rings (SSSR count). The highest BCUT2D eigenvalue weighted by atomic mass is 16.1. The van der Waals surface area contributed by atoms with Gasteiger partial charge in [0.15, 0.2) is 0 Å². The molecule has 2 fully saturated rings. The van der Waals surface area contributed by atoms with Crippen molar-refractivity contribution >= 4 is 17.3 Å². The van der Waals surface area contributed by atoms with E-state index in [4.69, 9.17) is 0 Å². The van der Waals surface area contributed by atoms with Crippen molar-refractivity contribution in [3.8, 4) is 22.3 Å². The molecule has 3 nitrogen and oxygen atoms in total. The van der Waals surface area contributed by atoms with E-state index < -0.39 is 0 Å². The highest BCUT2D eigenvalue weighted by Gasteiger charge is 2.27. The van der Waals surface area contributed by atoms with E-state index in [1.807, 2.05) is 13.8 Å². The third-order valence-electron chi connectivity index (χ3n) is 11.2. The lowest BCUT2D eigenvalue weighted by molar-refractivity contribution is -0.124. The number of carbonyl (C=O) groups excluding carboxylic acids is 3. The molecule has 248 valence electrons. The molecule has 2 aliphatic carbocycles. The van der Waals surface area contributed by atoms with E-state index in [0.29, 0.717) is 49.1 Å². The molecule has 0 saturated heterocycles. The summed E-state index contributed by atoms with van der Waals surface area (Å²) in [6, 6.07) is 34.7. The molecule has 2 saturated carbocycles. The van der Waals surface area contributed by atoms with Gasteiger partial charge in [0.1, 0.15) is 17.3 Å². The smallest absolute Gasteiger partial charge is 0.141 e. The molecule has 0 unspecified atom stereocenters. The molecule has 0 radical (unpaired) electrons. The molecule has 0 N–H and O–H groups in total. The Balaban J connectivity index is 0.974. The van der Waals surface area contributed by atoms with Crippen molar-refractivity contribution in [1.82, 2.24) is 0 Å². The molecule has 48 heavy (non-hydrogen) atoms. The number of Topliss-reactive ketones (excluding diaryl/α,β-unsaturated/α-hetero) is 3. The summed E-state index contributed by atoms with van der Waals surface area (Å²) >= 11 is 0. The van der Waals surface area contributed by atoms with E-state index in [-0.39, 0.29) is 17.6 Å². The topological polar surface area (TPSA) is 51.2 Å². The second kappa shape index (κ2) is 15.9. The lowest BCUT2D eigenvalue weighted by Crippen LogP contribution is -2.20. The van der Waals surface area contributed by atoms with Gasteiger partial charge in [-0.25, -0.2) is 0 Å². The maximum Gasteiger partial charge on any atom is 0.141 e. The third-order valence-corrected chi connectivity index (χ3v) is 11.2. The normalized spacial score (nSPS) is 21.0. The molecule has 4 aromatic rings. The van der Waals surface area contributed by atoms with Crippen LogP contribution in [0.5, 0.6) is 0 Å². The first-order valence-corrected chi connectivity index (χ1v) is 18.4. The SMILES string of the molecule is CCC(=O)C1CCC(c2ccc(-c3ccc(CC(=O)Cc4ccc(-c5ccc([C@H]6CC[C@H](C(=O)CC)CC6)cc5)cc4)cc3)cc2)CC1. The summed E-state index contributed by atoms with van der Waals surface area (Å²) in [6.07, 6.45) is 10.7. The Labute approximate surface area is 287 Å². The molecule has 0 aliphatic heterocycles. The Morgan fingerprint density at radius 2 is 0.729 bits per heavy atom. The Bertz CT molecular complexity index is 1540. The van der Waals surface area contributed by atoms with Crippen LogP contribution in [-0.4, -0.2) is 17.3 Å². The van der Waals surface area contributed by atoms with Crippen molar-refractivity contribution in [2.75, 3.05) is 0 Å². The van der Waals surface area contributed by atoms with Crippen LogP contribution in [0.25, 0.3) is 22.3 Å². The Hall–Kier alpha value is -4.11. The molecule has 0 aromatic heterocycles. The quantitative estimate of drug-likeness (QED) is 0.155. The summed E-state index contributed by atoms with van der Waals surface area (Å²) in [4.78, 5) is 37.1. The van der Waals surface area contributed by atoms with Crippen LogP contribution in [0, 0.1) is 11.8 Å². The van der Waals surface area contributed by atoms with Crippen LogP contribution in [-0.2, 0) is 27.2 Å². The fourth-order valence-corrected chi connectivity index (χ4v) is 8.12. The Morgan fingerprint density at radius 3 is 1.02 bits per heavy atom. The fourth-order valence-electron chi connectivity index (χ4n) is 8.12. The molecular weight excluding hydrogens is 588 g/mol. The minimum atomic E-state index is 0.218. The molecule has 0 atom stereocenters. The van der Waals surface area contributed by atoms with Crippen LogP contribution >= 0.6 is 0 Å². The first kappa shape index (κ1) is 33.8. The predicted molar refractivity (Wildman–Crippen MR) is 196 cm³/mol. The van der Waals surface area contributed by atoms with E-state index in [1.165, 1.54) is 22.3 Å². The molecular formula is C45H50O3. The van der Waals surface area contributed by atoms with E-state index in [9.17, 15) is 14.4 Å². The molecule has 0 amide bonds. The van der Waals surface area contributed by atoms with Crippen LogP contribution in [0.3, 0.4) is 0 Å². The lowest BCUT2D eigenvalue weighted by atomic mass is 9.76. The average molecular weight is 639 g/mol. The zero-order valence-electron chi connectivity index (χ0n) is 28.8. The average Bonchev–Trinajstić information content (AvgIpc) is 3.15. The van der Waals surface area contributed by atoms with Crippen LogP contribution in [0.4, 0.5) is 0 Å². The van der Waals surface area contributed by atoms with E-state index in [0.717, 1.165) is 73.6 Å². The number of ketones is 3. The van der Waals surface area contributed by atoms with Crippen LogP contribution in [0.1, 0.15) is 112 Å². The summed E-state index contributed by atoms with van der Waals surface area (Å²) < 4.78 is 0. The Kier molecular flexibility index (Phi) is 11.2. The molecule has 2 aliphatic rings. The minimum absolute atomic E-state index is 0.218. The summed E-state index contributed by atoms with van der Waals surface area (Å²) in [6.45, 7) is 3.95. The summed E-state index contributed by atoms with van der Waals surface area (Å²) in [7, 11) is 0. The number of carbonyl (C=O) groups is 3. The van der Waals surface area contributed by atoms with Crippen molar-refractivity contribution in [2.24, 2.45) is 11.8 Å². The molecule has 4 aromatic carbocycles. The van der Waals surface area contributed by atoms with Gasteiger partial charge in [-0.3, -0.25) is 14.4 Å². The maximum atomic E-state index is 13.0. The van der Waals surface area contributed by atoms with Gasteiger partial charge in [0.2, 0.25) is 0 Å². The van der Waals surface area contributed by atoms with Gasteiger partial charge in [-0.15, -0.1) is 0 Å². The van der Waals surface area contributed by atoms with E-state index >= 15 is 0 Å². The monoisotopic (exact) mass is 638 g/mol. The first-order valence-electron chi connectivity index (χ1n) is 18.4. The van der Waals surface area contributed by atoms with Gasteiger partial charge in [-0.2, -0.15) is 0 Å². The van der Waals surface area contributed by atoms with Crippen LogP contribution < -0.4 is 0 Å². The largest absolute Gasteiger partial charge is 0.299 e. The van der Waals surface area contributed by atoms with Crippen molar-refractivity contribution < 1.29 is 14.4 Å². The number of hydrogen-bond acceptors (Lipinski definition) is 3. The van der Waals surface area contributed by atoms with Gasteiger partial charge in [0.05, 0.1) is 0 Å².